The summed E-state index contributed by atoms with van der Waals surface area (Å²) in [6.07, 6.45) is 3.00. The van der Waals surface area contributed by atoms with Crippen LogP contribution in [0.25, 0.3) is 0 Å². The lowest BCUT2D eigenvalue weighted by molar-refractivity contribution is -0.181. The molecule has 1 aromatic heterocycles. The molecule has 1 amide bonds. The van der Waals surface area contributed by atoms with Gasteiger partial charge in [0.25, 0.3) is 5.91 Å². The molecule has 0 bridgehead atoms. The van der Waals surface area contributed by atoms with Gasteiger partial charge in [0.2, 0.25) is 0 Å². The number of carbonyl (C=O) groups is 1. The number of nitrogens with two attached hydrogens (primary N) is 1. The van der Waals surface area contributed by atoms with Crippen molar-refractivity contribution in [1.29, 1.82) is 0 Å². The predicted molar refractivity (Wildman–Crippen MR) is 73.2 cm³/mol. The maximum absolute atomic E-state index is 12.5. The molecule has 2 aliphatic heterocycles. The zero-order valence-corrected chi connectivity index (χ0v) is 11.6. The molecular formula is C14H19N3O3. The van der Waals surface area contributed by atoms with Crippen molar-refractivity contribution in [2.75, 3.05) is 32.0 Å². The molecule has 1 aromatic rings. The first-order chi connectivity index (χ1) is 9.60. The van der Waals surface area contributed by atoms with Gasteiger partial charge in [-0.25, -0.2) is 0 Å². The van der Waals surface area contributed by atoms with Crippen molar-refractivity contribution >= 4 is 11.6 Å². The Morgan fingerprint density at radius 1 is 1.35 bits per heavy atom. The quantitative estimate of drug-likeness (QED) is 0.827. The highest BCUT2D eigenvalue weighted by Gasteiger charge is 2.41. The molecule has 0 saturated carbocycles. The number of carbonyl (C=O) groups excluding carboxylic acids is 1. The molecule has 0 unspecified atom stereocenters. The van der Waals surface area contributed by atoms with Crippen molar-refractivity contribution in [2.45, 2.75) is 25.6 Å². The monoisotopic (exact) mass is 277 g/mol. The minimum Gasteiger partial charge on any atom is -0.397 e. The number of likely N-dealkylation sites (tertiary alicyclic amines) is 1. The Kier molecular flexibility index (Phi) is 3.35. The maximum Gasteiger partial charge on any atom is 0.255 e. The van der Waals surface area contributed by atoms with E-state index in [4.69, 9.17) is 15.2 Å². The topological polar surface area (TPSA) is 77.7 Å². The van der Waals surface area contributed by atoms with Crippen molar-refractivity contribution in [3.05, 3.63) is 23.5 Å². The molecule has 6 heteroatoms. The van der Waals surface area contributed by atoms with Gasteiger partial charge < -0.3 is 20.1 Å². The Morgan fingerprint density at radius 3 is 2.65 bits per heavy atom. The summed E-state index contributed by atoms with van der Waals surface area (Å²) in [6, 6.07) is 1.69. The van der Waals surface area contributed by atoms with Crippen LogP contribution in [0.2, 0.25) is 0 Å². The molecule has 2 saturated heterocycles. The molecule has 2 N–H and O–H groups in total. The molecule has 0 atom stereocenters. The molecule has 108 valence electrons. The number of piperidine rings is 1. The number of pyridine rings is 1. The van der Waals surface area contributed by atoms with E-state index in [1.54, 1.807) is 12.3 Å². The van der Waals surface area contributed by atoms with E-state index in [1.807, 2.05) is 11.8 Å². The molecule has 20 heavy (non-hydrogen) atoms. The van der Waals surface area contributed by atoms with Gasteiger partial charge in [0.1, 0.15) is 0 Å². The Morgan fingerprint density at radius 2 is 2.00 bits per heavy atom. The van der Waals surface area contributed by atoms with Crippen molar-refractivity contribution in [3.63, 3.8) is 0 Å². The molecule has 0 radical (unpaired) electrons. The number of ether oxygens (including phenoxy) is 2. The van der Waals surface area contributed by atoms with Crippen LogP contribution < -0.4 is 5.73 Å². The fourth-order valence-electron chi connectivity index (χ4n) is 2.77. The summed E-state index contributed by atoms with van der Waals surface area (Å²) in [5, 5.41) is 0. The Hall–Kier alpha value is -1.66. The van der Waals surface area contributed by atoms with E-state index < -0.39 is 5.79 Å². The van der Waals surface area contributed by atoms with E-state index in [1.165, 1.54) is 0 Å². The Labute approximate surface area is 117 Å². The van der Waals surface area contributed by atoms with Crippen LogP contribution in [0.4, 0.5) is 5.69 Å². The van der Waals surface area contributed by atoms with Gasteiger partial charge in [-0.3, -0.25) is 9.78 Å². The number of hydrogen-bond donors (Lipinski definition) is 1. The molecule has 6 nitrogen and oxygen atoms in total. The second kappa shape index (κ2) is 5.03. The van der Waals surface area contributed by atoms with Gasteiger partial charge >= 0.3 is 0 Å². The normalized spacial score (nSPS) is 21.4. The second-order valence-corrected chi connectivity index (χ2v) is 5.30. The van der Waals surface area contributed by atoms with Crippen LogP contribution in [0.1, 0.15) is 28.9 Å². The summed E-state index contributed by atoms with van der Waals surface area (Å²) in [5.41, 5.74) is 7.51. The fourth-order valence-corrected chi connectivity index (χ4v) is 2.77. The minimum atomic E-state index is -0.459. The highest BCUT2D eigenvalue weighted by molar-refractivity contribution is 5.96. The van der Waals surface area contributed by atoms with Crippen LogP contribution in [-0.2, 0) is 9.47 Å². The first-order valence-electron chi connectivity index (χ1n) is 6.89. The molecule has 2 fully saturated rings. The number of nitrogen functional groups attached to an aromatic ring is 1. The smallest absolute Gasteiger partial charge is 0.255 e. The summed E-state index contributed by atoms with van der Waals surface area (Å²) >= 11 is 0. The zero-order valence-electron chi connectivity index (χ0n) is 11.6. The van der Waals surface area contributed by atoms with Gasteiger partial charge in [-0.05, 0) is 13.0 Å². The predicted octanol–water partition coefficient (Wildman–Crippen LogP) is 0.951. The first-order valence-corrected chi connectivity index (χ1v) is 6.89. The summed E-state index contributed by atoms with van der Waals surface area (Å²) in [7, 11) is 0. The lowest BCUT2D eigenvalue weighted by Gasteiger charge is -2.37. The fraction of sp³-hybridized carbons (Fsp3) is 0.571. The van der Waals surface area contributed by atoms with Gasteiger partial charge in [-0.15, -0.1) is 0 Å². The molecule has 0 aliphatic carbocycles. The summed E-state index contributed by atoms with van der Waals surface area (Å²) in [4.78, 5) is 18.5. The lowest BCUT2D eigenvalue weighted by Crippen LogP contribution is -2.47. The molecular weight excluding hydrogens is 258 g/mol. The summed E-state index contributed by atoms with van der Waals surface area (Å²) < 4.78 is 11.3. The van der Waals surface area contributed by atoms with Gasteiger partial charge in [0, 0.05) is 25.9 Å². The first kappa shape index (κ1) is 13.3. The largest absolute Gasteiger partial charge is 0.397 e. The van der Waals surface area contributed by atoms with Gasteiger partial charge in [0.15, 0.2) is 5.79 Å². The molecule has 3 rings (SSSR count). The molecule has 3 heterocycles. The Bertz CT molecular complexity index is 516. The number of anilines is 1. The van der Waals surface area contributed by atoms with Gasteiger partial charge in [-0.1, -0.05) is 0 Å². The molecule has 1 spiro atoms. The van der Waals surface area contributed by atoms with E-state index in [9.17, 15) is 4.79 Å². The zero-order chi connectivity index (χ0) is 14.2. The average Bonchev–Trinajstić information content (AvgIpc) is 2.90. The van der Waals surface area contributed by atoms with E-state index in [0.29, 0.717) is 56.1 Å². The average molecular weight is 277 g/mol. The lowest BCUT2D eigenvalue weighted by atomic mass is 10.0. The van der Waals surface area contributed by atoms with Crippen LogP contribution in [0.5, 0.6) is 0 Å². The number of amides is 1. The SMILES string of the molecule is Cc1ncc(N)cc1C(=O)N1CCC2(CC1)OCCO2. The number of hydrogen-bond acceptors (Lipinski definition) is 5. The highest BCUT2D eigenvalue weighted by atomic mass is 16.7. The third-order valence-corrected chi connectivity index (χ3v) is 3.96. The van der Waals surface area contributed by atoms with E-state index in [2.05, 4.69) is 4.98 Å². The van der Waals surface area contributed by atoms with Crippen LogP contribution >= 0.6 is 0 Å². The summed E-state index contributed by atoms with van der Waals surface area (Å²) in [6.45, 7) is 4.37. The van der Waals surface area contributed by atoms with E-state index in [0.717, 1.165) is 0 Å². The Balaban J connectivity index is 1.71. The van der Waals surface area contributed by atoms with Crippen LogP contribution in [-0.4, -0.2) is 47.9 Å². The number of aryl methyl sites for hydroxylation is 1. The van der Waals surface area contributed by atoms with Crippen molar-refractivity contribution < 1.29 is 14.3 Å². The highest BCUT2D eigenvalue weighted by Crippen LogP contribution is 2.31. The minimum absolute atomic E-state index is 0.0184. The van der Waals surface area contributed by atoms with Gasteiger partial charge in [-0.2, -0.15) is 0 Å². The van der Waals surface area contributed by atoms with Crippen molar-refractivity contribution in [1.82, 2.24) is 9.88 Å². The third-order valence-electron chi connectivity index (χ3n) is 3.96. The number of rotatable bonds is 1. The third kappa shape index (κ3) is 2.36. The second-order valence-electron chi connectivity index (χ2n) is 5.30. The van der Waals surface area contributed by atoms with Crippen LogP contribution in [0.3, 0.4) is 0 Å². The maximum atomic E-state index is 12.5. The van der Waals surface area contributed by atoms with E-state index in [-0.39, 0.29) is 5.91 Å². The number of aromatic nitrogens is 1. The van der Waals surface area contributed by atoms with Crippen LogP contribution in [0.15, 0.2) is 12.3 Å². The van der Waals surface area contributed by atoms with Crippen molar-refractivity contribution in [3.8, 4) is 0 Å². The summed E-state index contributed by atoms with van der Waals surface area (Å²) in [5.74, 6) is -0.477. The standard InChI is InChI=1S/C14H19N3O3/c1-10-12(8-11(15)9-16-10)13(18)17-4-2-14(3-5-17)19-6-7-20-14/h8-9H,2-7,15H2,1H3. The van der Waals surface area contributed by atoms with E-state index >= 15 is 0 Å². The molecule has 2 aliphatic rings. The number of nitrogens with zero attached hydrogens (tertiary/aromatic N) is 2. The van der Waals surface area contributed by atoms with Crippen LogP contribution in [0, 0.1) is 6.92 Å². The molecule has 0 aromatic carbocycles. The van der Waals surface area contributed by atoms with Crippen molar-refractivity contribution in [2.24, 2.45) is 0 Å². The van der Waals surface area contributed by atoms with Gasteiger partial charge in [0.05, 0.1) is 36.4 Å².